The van der Waals surface area contributed by atoms with E-state index in [-0.39, 0.29) is 23.0 Å². The van der Waals surface area contributed by atoms with Crippen LogP contribution in [0, 0.1) is 0 Å². The van der Waals surface area contributed by atoms with E-state index >= 15 is 0 Å². The van der Waals surface area contributed by atoms with Crippen LogP contribution in [0.4, 0.5) is 0 Å². The van der Waals surface area contributed by atoms with Crippen molar-refractivity contribution in [1.29, 1.82) is 0 Å². The van der Waals surface area contributed by atoms with Crippen LogP contribution in [-0.4, -0.2) is 26.4 Å². The second-order valence-corrected chi connectivity index (χ2v) is 8.00. The summed E-state index contributed by atoms with van der Waals surface area (Å²) in [6.07, 6.45) is 0. The summed E-state index contributed by atoms with van der Waals surface area (Å²) in [4.78, 5) is 31.3. The van der Waals surface area contributed by atoms with Crippen molar-refractivity contribution >= 4 is 28.6 Å². The summed E-state index contributed by atoms with van der Waals surface area (Å²) in [5.74, 6) is 0.640. The smallest absolute Gasteiger partial charge is 0.280 e. The summed E-state index contributed by atoms with van der Waals surface area (Å²) in [5.41, 5.74) is 1.86. The molecular formula is C23H17N3O3S. The highest BCUT2D eigenvalue weighted by molar-refractivity contribution is 8.00. The molecule has 7 heteroatoms. The topological polar surface area (TPSA) is 75.4 Å². The van der Waals surface area contributed by atoms with Gasteiger partial charge in [-0.05, 0) is 29.8 Å². The van der Waals surface area contributed by atoms with Gasteiger partial charge in [-0.15, -0.1) is 11.8 Å². The minimum atomic E-state index is -0.402. The Morgan fingerprint density at radius 3 is 2.37 bits per heavy atom. The van der Waals surface area contributed by atoms with Gasteiger partial charge >= 0.3 is 0 Å². The zero-order valence-electron chi connectivity index (χ0n) is 15.8. The molecule has 1 N–H and O–H groups in total. The number of phenolic OH excluding ortho intramolecular Hbond substituents is 1. The number of amides is 1. The lowest BCUT2D eigenvalue weighted by Crippen LogP contribution is -2.46. The van der Waals surface area contributed by atoms with Crippen LogP contribution in [0.5, 0.6) is 5.75 Å². The van der Waals surface area contributed by atoms with Gasteiger partial charge < -0.3 is 5.11 Å². The summed E-state index contributed by atoms with van der Waals surface area (Å²) in [6, 6.07) is 23.2. The van der Waals surface area contributed by atoms with Crippen molar-refractivity contribution in [3.8, 4) is 17.1 Å². The number of aromatic nitrogens is 2. The molecule has 0 saturated carbocycles. The molecule has 5 rings (SSSR count). The molecule has 0 radical (unpaired) electrons. The van der Waals surface area contributed by atoms with Gasteiger partial charge in [-0.1, -0.05) is 54.6 Å². The summed E-state index contributed by atoms with van der Waals surface area (Å²) < 4.78 is 1.40. The Balaban J connectivity index is 1.78. The van der Waals surface area contributed by atoms with Gasteiger partial charge in [0, 0.05) is 5.56 Å². The number of hydrogen-bond donors (Lipinski definition) is 1. The van der Waals surface area contributed by atoms with Crippen LogP contribution in [0.2, 0.25) is 0 Å². The Bertz CT molecular complexity index is 1300. The summed E-state index contributed by atoms with van der Waals surface area (Å²) in [6.45, 7) is 0. The molecule has 1 unspecified atom stereocenters. The number of carbonyl (C=O) groups is 1. The first-order valence-electron chi connectivity index (χ1n) is 9.43. The van der Waals surface area contributed by atoms with Crippen molar-refractivity contribution in [2.24, 2.45) is 0 Å². The maximum atomic E-state index is 13.6. The number of para-hydroxylation sites is 1. The lowest BCUT2D eigenvalue weighted by atomic mass is 10.2. The zero-order valence-corrected chi connectivity index (χ0v) is 16.6. The van der Waals surface area contributed by atoms with E-state index in [0.717, 1.165) is 11.1 Å². The van der Waals surface area contributed by atoms with E-state index in [1.54, 1.807) is 42.5 Å². The lowest BCUT2D eigenvalue weighted by molar-refractivity contribution is -0.117. The predicted molar refractivity (Wildman–Crippen MR) is 118 cm³/mol. The van der Waals surface area contributed by atoms with Crippen LogP contribution in [0.25, 0.3) is 22.3 Å². The molecule has 148 valence electrons. The number of nitrogens with zero attached hydrogens (tertiary/aromatic N) is 3. The molecule has 3 aromatic carbocycles. The van der Waals surface area contributed by atoms with Gasteiger partial charge in [0.2, 0.25) is 0 Å². The monoisotopic (exact) mass is 415 g/mol. The first-order valence-corrected chi connectivity index (χ1v) is 10.5. The predicted octanol–water partition coefficient (Wildman–Crippen LogP) is 3.68. The minimum absolute atomic E-state index is 0.147. The number of thioether (sulfide) groups is 1. The average Bonchev–Trinajstić information content (AvgIpc) is 3.16. The van der Waals surface area contributed by atoms with Crippen molar-refractivity contribution < 1.29 is 9.90 Å². The van der Waals surface area contributed by atoms with Crippen molar-refractivity contribution in [3.05, 3.63) is 94.8 Å². The Morgan fingerprint density at radius 1 is 0.900 bits per heavy atom. The molecular weight excluding hydrogens is 398 g/mol. The van der Waals surface area contributed by atoms with Crippen LogP contribution < -0.4 is 10.6 Å². The van der Waals surface area contributed by atoms with Gasteiger partial charge in [0.1, 0.15) is 11.1 Å². The van der Waals surface area contributed by atoms with E-state index in [0.29, 0.717) is 16.7 Å². The van der Waals surface area contributed by atoms with Crippen LogP contribution in [0.15, 0.2) is 83.7 Å². The Hall–Kier alpha value is -3.58. The molecule has 1 amide bonds. The number of hydrogen-bond acceptors (Lipinski definition) is 5. The third-order valence-corrected chi connectivity index (χ3v) is 6.22. The summed E-state index contributed by atoms with van der Waals surface area (Å²) in [5, 5.41) is 11.2. The van der Waals surface area contributed by atoms with Crippen LogP contribution in [-0.2, 0) is 4.79 Å². The molecule has 1 fully saturated rings. The molecule has 2 heterocycles. The SMILES string of the molecule is O=C1CSC(c2ccc(O)cc2)N1n1c(-c2ccccc2)nc2ccccc2c1=O. The minimum Gasteiger partial charge on any atom is -0.508 e. The number of benzene rings is 3. The van der Waals surface area contributed by atoms with Gasteiger partial charge in [0.25, 0.3) is 11.5 Å². The number of fused-ring (bicyclic) bond motifs is 1. The standard InChI is InChI=1S/C23H17N3O3S/c27-17-12-10-16(11-13-17)23-25(20(28)14-30-23)26-21(15-6-2-1-3-7-15)24-19-9-5-4-8-18(19)22(26)29/h1-13,23,27H,14H2. The maximum Gasteiger partial charge on any atom is 0.280 e. The molecule has 4 aromatic rings. The molecule has 1 aliphatic heterocycles. The first kappa shape index (κ1) is 18.4. The number of phenols is 1. The Morgan fingerprint density at radius 2 is 1.60 bits per heavy atom. The van der Waals surface area contributed by atoms with E-state index in [1.165, 1.54) is 21.4 Å². The van der Waals surface area contributed by atoms with Crippen molar-refractivity contribution in [2.75, 3.05) is 10.8 Å². The van der Waals surface area contributed by atoms with Gasteiger partial charge in [-0.2, -0.15) is 4.68 Å². The number of rotatable bonds is 3. The molecule has 30 heavy (non-hydrogen) atoms. The van der Waals surface area contributed by atoms with Crippen molar-refractivity contribution in [3.63, 3.8) is 0 Å². The highest BCUT2D eigenvalue weighted by Gasteiger charge is 2.37. The number of aromatic hydroxyl groups is 1. The van der Waals surface area contributed by atoms with E-state index in [4.69, 9.17) is 4.98 Å². The van der Waals surface area contributed by atoms with E-state index in [1.807, 2.05) is 36.4 Å². The van der Waals surface area contributed by atoms with E-state index in [9.17, 15) is 14.7 Å². The van der Waals surface area contributed by atoms with Crippen LogP contribution in [0.1, 0.15) is 10.9 Å². The average molecular weight is 415 g/mol. The van der Waals surface area contributed by atoms with Gasteiger partial charge in [-0.3, -0.25) is 9.59 Å². The molecule has 0 aliphatic carbocycles. The molecule has 6 nitrogen and oxygen atoms in total. The third-order valence-electron chi connectivity index (χ3n) is 5.02. The van der Waals surface area contributed by atoms with Crippen LogP contribution >= 0.6 is 11.8 Å². The first-order chi connectivity index (χ1) is 14.6. The second kappa shape index (κ2) is 7.35. The van der Waals surface area contributed by atoms with Gasteiger partial charge in [0.15, 0.2) is 5.82 Å². The highest BCUT2D eigenvalue weighted by atomic mass is 32.2. The van der Waals surface area contributed by atoms with Crippen LogP contribution in [0.3, 0.4) is 0 Å². The largest absolute Gasteiger partial charge is 0.508 e. The fourth-order valence-electron chi connectivity index (χ4n) is 3.61. The number of carbonyl (C=O) groups excluding carboxylic acids is 1. The molecule has 1 saturated heterocycles. The highest BCUT2D eigenvalue weighted by Crippen LogP contribution is 2.38. The molecule has 1 aliphatic rings. The molecule has 0 spiro atoms. The normalized spacial score (nSPS) is 16.3. The fraction of sp³-hybridized carbons (Fsp3) is 0.0870. The molecule has 1 aromatic heterocycles. The van der Waals surface area contributed by atoms with E-state index < -0.39 is 5.37 Å². The van der Waals surface area contributed by atoms with E-state index in [2.05, 4.69) is 0 Å². The summed E-state index contributed by atoms with van der Waals surface area (Å²) in [7, 11) is 0. The third kappa shape index (κ3) is 3.04. The summed E-state index contributed by atoms with van der Waals surface area (Å²) >= 11 is 1.44. The second-order valence-electron chi connectivity index (χ2n) is 6.93. The van der Waals surface area contributed by atoms with Crippen molar-refractivity contribution in [2.45, 2.75) is 5.37 Å². The lowest BCUT2D eigenvalue weighted by Gasteiger charge is -2.28. The molecule has 0 bridgehead atoms. The fourth-order valence-corrected chi connectivity index (χ4v) is 4.74. The zero-order chi connectivity index (χ0) is 20.7. The quantitative estimate of drug-likeness (QED) is 0.553. The Labute approximate surface area is 176 Å². The Kier molecular flexibility index (Phi) is 4.52. The van der Waals surface area contributed by atoms with Crippen molar-refractivity contribution in [1.82, 2.24) is 9.66 Å². The van der Waals surface area contributed by atoms with Gasteiger partial charge in [-0.25, -0.2) is 9.99 Å². The van der Waals surface area contributed by atoms with Gasteiger partial charge in [0.05, 0.1) is 16.7 Å². The molecule has 1 atom stereocenters. The maximum absolute atomic E-state index is 13.6.